The lowest BCUT2D eigenvalue weighted by atomic mass is 10.1. The first-order chi connectivity index (χ1) is 7.74. The Morgan fingerprint density at radius 1 is 1.25 bits per heavy atom. The van der Waals surface area contributed by atoms with Gasteiger partial charge in [-0.15, -0.1) is 0 Å². The van der Waals surface area contributed by atoms with E-state index in [0.717, 1.165) is 30.5 Å². The molecule has 2 aromatic rings. The maximum atomic E-state index is 11.9. The minimum atomic E-state index is 0.115. The Morgan fingerprint density at radius 3 is 2.75 bits per heavy atom. The van der Waals surface area contributed by atoms with Crippen molar-refractivity contribution in [3.63, 3.8) is 0 Å². The van der Waals surface area contributed by atoms with Gasteiger partial charge >= 0.3 is 0 Å². The molecule has 0 aliphatic heterocycles. The molecule has 0 aliphatic carbocycles. The molecule has 0 amide bonds. The number of nitrogens with zero attached hydrogens (tertiary/aromatic N) is 1. The van der Waals surface area contributed by atoms with Crippen LogP contribution in [0.25, 0.3) is 10.9 Å². The molecule has 1 aromatic carbocycles. The first-order valence-corrected chi connectivity index (χ1v) is 5.83. The largest absolute Gasteiger partial charge is 0.308 e. The molecule has 16 heavy (non-hydrogen) atoms. The van der Waals surface area contributed by atoms with E-state index in [1.165, 1.54) is 5.39 Å². The average molecular weight is 215 g/mol. The zero-order chi connectivity index (χ0) is 11.5. The van der Waals surface area contributed by atoms with Crippen molar-refractivity contribution >= 4 is 10.9 Å². The second kappa shape index (κ2) is 4.52. The van der Waals surface area contributed by atoms with E-state index in [1.54, 1.807) is 6.07 Å². The maximum absolute atomic E-state index is 11.9. The predicted octanol–water partition coefficient (Wildman–Crippen LogP) is 3.11. The van der Waals surface area contributed by atoms with Gasteiger partial charge in [-0.2, -0.15) is 0 Å². The first-order valence-electron chi connectivity index (χ1n) is 5.83. The molecule has 0 radical (unpaired) electrons. The molecule has 0 bridgehead atoms. The molecule has 2 heteroatoms. The van der Waals surface area contributed by atoms with Crippen molar-refractivity contribution in [3.8, 4) is 0 Å². The Hall–Kier alpha value is -1.57. The van der Waals surface area contributed by atoms with Crippen molar-refractivity contribution in [1.82, 2.24) is 4.57 Å². The van der Waals surface area contributed by atoms with Crippen molar-refractivity contribution in [3.05, 3.63) is 46.2 Å². The highest BCUT2D eigenvalue weighted by Crippen LogP contribution is 2.16. The van der Waals surface area contributed by atoms with Crippen LogP contribution in [-0.4, -0.2) is 4.57 Å². The molecule has 84 valence electrons. The van der Waals surface area contributed by atoms with Crippen molar-refractivity contribution in [2.24, 2.45) is 0 Å². The highest BCUT2D eigenvalue weighted by atomic mass is 16.1. The Labute approximate surface area is 95.5 Å². The zero-order valence-electron chi connectivity index (χ0n) is 9.86. The van der Waals surface area contributed by atoms with E-state index in [-0.39, 0.29) is 5.56 Å². The van der Waals surface area contributed by atoms with Crippen molar-refractivity contribution in [2.75, 3.05) is 0 Å². The van der Waals surface area contributed by atoms with Crippen LogP contribution in [0.4, 0.5) is 0 Å². The van der Waals surface area contributed by atoms with E-state index in [0.29, 0.717) is 0 Å². The SMILES string of the molecule is CCCCn1c(=O)cc(C)c2ccccc21. The Morgan fingerprint density at radius 2 is 2.00 bits per heavy atom. The molecular weight excluding hydrogens is 198 g/mol. The second-order valence-electron chi connectivity index (χ2n) is 4.19. The van der Waals surface area contributed by atoms with Gasteiger partial charge in [-0.05, 0) is 25.0 Å². The van der Waals surface area contributed by atoms with Crippen molar-refractivity contribution in [2.45, 2.75) is 33.2 Å². The molecule has 0 N–H and O–H groups in total. The van der Waals surface area contributed by atoms with E-state index >= 15 is 0 Å². The minimum Gasteiger partial charge on any atom is -0.308 e. The van der Waals surface area contributed by atoms with Gasteiger partial charge in [-0.3, -0.25) is 4.79 Å². The quantitative estimate of drug-likeness (QED) is 0.771. The van der Waals surface area contributed by atoms with E-state index in [4.69, 9.17) is 0 Å². The third-order valence-electron chi connectivity index (χ3n) is 2.96. The van der Waals surface area contributed by atoms with E-state index in [1.807, 2.05) is 29.7 Å². The molecule has 0 fully saturated rings. The minimum absolute atomic E-state index is 0.115. The van der Waals surface area contributed by atoms with Crippen molar-refractivity contribution in [1.29, 1.82) is 0 Å². The number of fused-ring (bicyclic) bond motifs is 1. The third kappa shape index (κ3) is 1.87. The van der Waals surface area contributed by atoms with E-state index in [9.17, 15) is 4.79 Å². The van der Waals surface area contributed by atoms with Crippen LogP contribution in [0, 0.1) is 6.92 Å². The van der Waals surface area contributed by atoms with Crippen molar-refractivity contribution < 1.29 is 0 Å². The molecule has 0 atom stereocenters. The normalized spacial score (nSPS) is 10.9. The van der Waals surface area contributed by atoms with Crippen LogP contribution < -0.4 is 5.56 Å². The number of para-hydroxylation sites is 1. The van der Waals surface area contributed by atoms with E-state index < -0.39 is 0 Å². The van der Waals surface area contributed by atoms with Gasteiger partial charge in [-0.25, -0.2) is 0 Å². The molecule has 1 aromatic heterocycles. The molecule has 0 saturated carbocycles. The van der Waals surface area contributed by atoms with Gasteiger partial charge in [0.25, 0.3) is 5.56 Å². The van der Waals surface area contributed by atoms with Crippen LogP contribution in [0.1, 0.15) is 25.3 Å². The fourth-order valence-corrected chi connectivity index (χ4v) is 2.05. The van der Waals surface area contributed by atoms with E-state index in [2.05, 4.69) is 13.0 Å². The number of aromatic nitrogens is 1. The number of hydrogen-bond donors (Lipinski definition) is 0. The summed E-state index contributed by atoms with van der Waals surface area (Å²) in [6.45, 7) is 4.95. The molecule has 0 spiro atoms. The Balaban J connectivity index is 2.66. The van der Waals surface area contributed by atoms with Gasteiger partial charge in [0.1, 0.15) is 0 Å². The second-order valence-corrected chi connectivity index (χ2v) is 4.19. The number of hydrogen-bond acceptors (Lipinski definition) is 1. The topological polar surface area (TPSA) is 22.0 Å². The average Bonchev–Trinajstić information content (AvgIpc) is 2.29. The Kier molecular flexibility index (Phi) is 3.09. The molecule has 0 saturated heterocycles. The van der Waals surface area contributed by atoms with Gasteiger partial charge in [0.2, 0.25) is 0 Å². The van der Waals surface area contributed by atoms with Crippen LogP contribution in [0.3, 0.4) is 0 Å². The summed E-state index contributed by atoms with van der Waals surface area (Å²) in [4.78, 5) is 11.9. The molecule has 0 aliphatic rings. The maximum Gasteiger partial charge on any atom is 0.251 e. The first kappa shape index (κ1) is 10.9. The van der Waals surface area contributed by atoms with Gasteiger partial charge in [0, 0.05) is 18.0 Å². The van der Waals surface area contributed by atoms with Gasteiger partial charge in [-0.1, -0.05) is 31.5 Å². The molecule has 0 unspecified atom stereocenters. The summed E-state index contributed by atoms with van der Waals surface area (Å²) < 4.78 is 1.88. The van der Waals surface area contributed by atoms with Crippen LogP contribution in [0.5, 0.6) is 0 Å². The number of aryl methyl sites for hydroxylation is 2. The standard InChI is InChI=1S/C14H17NO/c1-3-4-9-15-13-8-6-5-7-12(13)11(2)10-14(15)16/h5-8,10H,3-4,9H2,1-2H3. The number of benzene rings is 1. The van der Waals surface area contributed by atoms with Crippen LogP contribution in [0.15, 0.2) is 35.1 Å². The lowest BCUT2D eigenvalue weighted by molar-refractivity contribution is 0.631. The lowest BCUT2D eigenvalue weighted by Gasteiger charge is -2.11. The zero-order valence-corrected chi connectivity index (χ0v) is 9.86. The van der Waals surface area contributed by atoms with Gasteiger partial charge in [0.15, 0.2) is 0 Å². The summed E-state index contributed by atoms with van der Waals surface area (Å²) in [5.74, 6) is 0. The molecule has 2 nitrogen and oxygen atoms in total. The molecule has 1 heterocycles. The fourth-order valence-electron chi connectivity index (χ4n) is 2.05. The lowest BCUT2D eigenvalue weighted by Crippen LogP contribution is -2.20. The highest BCUT2D eigenvalue weighted by Gasteiger charge is 2.04. The summed E-state index contributed by atoms with van der Waals surface area (Å²) in [5, 5.41) is 1.18. The summed E-state index contributed by atoms with van der Waals surface area (Å²) in [6.07, 6.45) is 2.15. The Bertz CT molecular complexity index is 554. The number of pyridine rings is 1. The van der Waals surface area contributed by atoms with Gasteiger partial charge in [0.05, 0.1) is 5.52 Å². The highest BCUT2D eigenvalue weighted by molar-refractivity contribution is 5.82. The molecular formula is C14H17NO. The van der Waals surface area contributed by atoms with Crippen LogP contribution in [-0.2, 0) is 6.54 Å². The number of rotatable bonds is 3. The summed E-state index contributed by atoms with van der Waals surface area (Å²) >= 11 is 0. The third-order valence-corrected chi connectivity index (χ3v) is 2.96. The monoisotopic (exact) mass is 215 g/mol. The summed E-state index contributed by atoms with van der Waals surface area (Å²) in [6, 6.07) is 9.84. The number of unbranched alkanes of at least 4 members (excludes halogenated alkanes) is 1. The summed E-state index contributed by atoms with van der Waals surface area (Å²) in [5.41, 5.74) is 2.24. The summed E-state index contributed by atoms with van der Waals surface area (Å²) in [7, 11) is 0. The van der Waals surface area contributed by atoms with Crippen LogP contribution in [0.2, 0.25) is 0 Å². The molecule has 2 rings (SSSR count). The predicted molar refractivity (Wildman–Crippen MR) is 67.9 cm³/mol. The fraction of sp³-hybridized carbons (Fsp3) is 0.357. The van der Waals surface area contributed by atoms with Crippen LogP contribution >= 0.6 is 0 Å². The van der Waals surface area contributed by atoms with Gasteiger partial charge < -0.3 is 4.57 Å². The smallest absolute Gasteiger partial charge is 0.251 e.